The summed E-state index contributed by atoms with van der Waals surface area (Å²) in [6.07, 6.45) is 2.09. The Bertz CT molecular complexity index is 707. The first-order valence-electron chi connectivity index (χ1n) is 7.30. The molecule has 1 N–H and O–H groups in total. The number of aromatic nitrogens is 1. The number of aromatic carboxylic acids is 1. The highest BCUT2D eigenvalue weighted by Crippen LogP contribution is 2.41. The molecule has 1 aromatic heterocycles. The van der Waals surface area contributed by atoms with Gasteiger partial charge >= 0.3 is 5.97 Å². The molecule has 0 saturated heterocycles. The SMILES string of the molecule is Cc1cc(C)c(-c2ccc(C(=O)O)c(C3CC3)n2)c(C)c1. The lowest BCUT2D eigenvalue weighted by Crippen LogP contribution is -2.05. The zero-order valence-electron chi connectivity index (χ0n) is 12.6. The number of benzene rings is 1. The summed E-state index contributed by atoms with van der Waals surface area (Å²) >= 11 is 0. The van der Waals surface area contributed by atoms with E-state index in [0.717, 1.165) is 29.8 Å². The van der Waals surface area contributed by atoms with Gasteiger partial charge in [-0.3, -0.25) is 4.98 Å². The van der Waals surface area contributed by atoms with Gasteiger partial charge in [-0.25, -0.2) is 4.79 Å². The van der Waals surface area contributed by atoms with Crippen molar-refractivity contribution in [3.8, 4) is 11.3 Å². The van der Waals surface area contributed by atoms with E-state index in [1.807, 2.05) is 6.07 Å². The van der Waals surface area contributed by atoms with Crippen LogP contribution < -0.4 is 0 Å². The van der Waals surface area contributed by atoms with Gasteiger partial charge in [0.25, 0.3) is 0 Å². The van der Waals surface area contributed by atoms with Crippen LogP contribution in [0.4, 0.5) is 0 Å². The predicted octanol–water partition coefficient (Wildman–Crippen LogP) is 4.25. The Labute approximate surface area is 124 Å². The third kappa shape index (κ3) is 2.56. The molecular formula is C18H19NO2. The fourth-order valence-corrected chi connectivity index (χ4v) is 3.05. The number of carboxylic acids is 1. The van der Waals surface area contributed by atoms with Crippen LogP contribution in [-0.4, -0.2) is 16.1 Å². The van der Waals surface area contributed by atoms with Crippen molar-refractivity contribution in [2.24, 2.45) is 0 Å². The lowest BCUT2D eigenvalue weighted by atomic mass is 9.96. The van der Waals surface area contributed by atoms with Crippen LogP contribution in [0.5, 0.6) is 0 Å². The Kier molecular flexibility index (Phi) is 3.28. The molecule has 1 aliphatic carbocycles. The molecule has 0 unspecified atom stereocenters. The standard InChI is InChI=1S/C18H19NO2/c1-10-8-11(2)16(12(3)9-10)15-7-6-14(18(20)21)17(19-15)13-4-5-13/h6-9,13H,4-5H2,1-3H3,(H,20,21). The molecule has 0 spiro atoms. The lowest BCUT2D eigenvalue weighted by molar-refractivity contribution is 0.0695. The van der Waals surface area contributed by atoms with Crippen LogP contribution in [0.1, 0.15) is 51.5 Å². The first-order chi connectivity index (χ1) is 9.97. The first-order valence-corrected chi connectivity index (χ1v) is 7.30. The molecule has 1 saturated carbocycles. The summed E-state index contributed by atoms with van der Waals surface area (Å²) in [7, 11) is 0. The molecule has 1 aliphatic rings. The van der Waals surface area contributed by atoms with Crippen molar-refractivity contribution in [3.63, 3.8) is 0 Å². The van der Waals surface area contributed by atoms with Crippen LogP contribution in [-0.2, 0) is 0 Å². The maximum Gasteiger partial charge on any atom is 0.337 e. The van der Waals surface area contributed by atoms with Crippen LogP contribution in [0.2, 0.25) is 0 Å². The Morgan fingerprint density at radius 2 is 1.76 bits per heavy atom. The fraction of sp³-hybridized carbons (Fsp3) is 0.333. The maximum absolute atomic E-state index is 11.3. The molecule has 3 heteroatoms. The minimum Gasteiger partial charge on any atom is -0.478 e. The summed E-state index contributed by atoms with van der Waals surface area (Å²) in [5.41, 5.74) is 6.72. The Morgan fingerprint density at radius 1 is 1.14 bits per heavy atom. The quantitative estimate of drug-likeness (QED) is 0.915. The van der Waals surface area contributed by atoms with E-state index in [0.29, 0.717) is 11.5 Å². The number of nitrogens with zero attached hydrogens (tertiary/aromatic N) is 1. The van der Waals surface area contributed by atoms with E-state index in [4.69, 9.17) is 4.98 Å². The Balaban J connectivity index is 2.16. The van der Waals surface area contributed by atoms with E-state index in [2.05, 4.69) is 32.9 Å². The normalized spacial score (nSPS) is 14.2. The topological polar surface area (TPSA) is 50.2 Å². The van der Waals surface area contributed by atoms with E-state index in [1.54, 1.807) is 6.07 Å². The van der Waals surface area contributed by atoms with Crippen molar-refractivity contribution >= 4 is 5.97 Å². The summed E-state index contributed by atoms with van der Waals surface area (Å²) in [6.45, 7) is 6.25. The Morgan fingerprint density at radius 3 is 2.29 bits per heavy atom. The number of carbonyl (C=O) groups is 1. The van der Waals surface area contributed by atoms with Gasteiger partial charge in [-0.2, -0.15) is 0 Å². The van der Waals surface area contributed by atoms with Crippen molar-refractivity contribution in [3.05, 3.63) is 52.2 Å². The number of pyridine rings is 1. The number of aryl methyl sites for hydroxylation is 3. The molecule has 0 amide bonds. The van der Waals surface area contributed by atoms with E-state index in [-0.39, 0.29) is 0 Å². The molecule has 3 rings (SSSR count). The highest BCUT2D eigenvalue weighted by atomic mass is 16.4. The molecule has 3 nitrogen and oxygen atoms in total. The number of hydrogen-bond donors (Lipinski definition) is 1. The fourth-order valence-electron chi connectivity index (χ4n) is 3.05. The van der Waals surface area contributed by atoms with E-state index in [1.165, 1.54) is 16.7 Å². The zero-order chi connectivity index (χ0) is 15.1. The van der Waals surface area contributed by atoms with Crippen LogP contribution >= 0.6 is 0 Å². The molecule has 1 fully saturated rings. The highest BCUT2D eigenvalue weighted by Gasteiger charge is 2.30. The van der Waals surface area contributed by atoms with Gasteiger partial charge in [0.15, 0.2) is 0 Å². The van der Waals surface area contributed by atoms with Crippen LogP contribution in [0.15, 0.2) is 24.3 Å². The van der Waals surface area contributed by atoms with Crippen LogP contribution in [0.3, 0.4) is 0 Å². The monoisotopic (exact) mass is 281 g/mol. The van der Waals surface area contributed by atoms with Gasteiger partial charge in [-0.15, -0.1) is 0 Å². The van der Waals surface area contributed by atoms with Gasteiger partial charge in [0, 0.05) is 11.5 Å². The molecule has 0 atom stereocenters. The second kappa shape index (κ2) is 4.99. The van der Waals surface area contributed by atoms with Crippen molar-refractivity contribution in [2.45, 2.75) is 39.5 Å². The zero-order valence-corrected chi connectivity index (χ0v) is 12.6. The van der Waals surface area contributed by atoms with E-state index < -0.39 is 5.97 Å². The minimum absolute atomic E-state index is 0.321. The molecule has 1 aromatic carbocycles. The van der Waals surface area contributed by atoms with Gasteiger partial charge in [0.2, 0.25) is 0 Å². The van der Waals surface area contributed by atoms with Crippen molar-refractivity contribution in [1.29, 1.82) is 0 Å². The van der Waals surface area contributed by atoms with Crippen molar-refractivity contribution in [1.82, 2.24) is 4.98 Å². The number of hydrogen-bond acceptors (Lipinski definition) is 2. The first kappa shape index (κ1) is 13.8. The molecule has 2 aromatic rings. The molecule has 0 aliphatic heterocycles. The van der Waals surface area contributed by atoms with Gasteiger partial charge in [-0.1, -0.05) is 17.7 Å². The Hall–Kier alpha value is -2.16. The summed E-state index contributed by atoms with van der Waals surface area (Å²) < 4.78 is 0. The third-order valence-electron chi connectivity index (χ3n) is 4.05. The maximum atomic E-state index is 11.3. The molecular weight excluding hydrogens is 262 g/mol. The smallest absolute Gasteiger partial charge is 0.337 e. The van der Waals surface area contributed by atoms with Crippen LogP contribution in [0, 0.1) is 20.8 Å². The summed E-state index contributed by atoms with van der Waals surface area (Å²) in [5.74, 6) is -0.560. The molecule has 108 valence electrons. The largest absolute Gasteiger partial charge is 0.478 e. The number of rotatable bonds is 3. The predicted molar refractivity (Wildman–Crippen MR) is 82.8 cm³/mol. The van der Waals surface area contributed by atoms with E-state index >= 15 is 0 Å². The van der Waals surface area contributed by atoms with E-state index in [9.17, 15) is 9.90 Å². The molecule has 21 heavy (non-hydrogen) atoms. The molecule has 1 heterocycles. The third-order valence-corrected chi connectivity index (χ3v) is 4.05. The summed E-state index contributed by atoms with van der Waals surface area (Å²) in [5, 5.41) is 9.31. The van der Waals surface area contributed by atoms with Crippen molar-refractivity contribution < 1.29 is 9.90 Å². The number of carboxylic acid groups (broad SMARTS) is 1. The van der Waals surface area contributed by atoms with Gasteiger partial charge in [-0.05, 0) is 56.9 Å². The summed E-state index contributed by atoms with van der Waals surface area (Å²) in [4.78, 5) is 16.0. The summed E-state index contributed by atoms with van der Waals surface area (Å²) in [6, 6.07) is 7.83. The highest BCUT2D eigenvalue weighted by molar-refractivity contribution is 5.90. The van der Waals surface area contributed by atoms with Gasteiger partial charge < -0.3 is 5.11 Å². The second-order valence-corrected chi connectivity index (χ2v) is 5.98. The molecule has 0 radical (unpaired) electrons. The average Bonchev–Trinajstić information content (AvgIpc) is 3.21. The van der Waals surface area contributed by atoms with Crippen LogP contribution in [0.25, 0.3) is 11.3 Å². The molecule has 0 bridgehead atoms. The lowest BCUT2D eigenvalue weighted by Gasteiger charge is -2.13. The minimum atomic E-state index is -0.881. The van der Waals surface area contributed by atoms with Gasteiger partial charge in [0.1, 0.15) is 0 Å². The van der Waals surface area contributed by atoms with Crippen molar-refractivity contribution in [2.75, 3.05) is 0 Å². The second-order valence-electron chi connectivity index (χ2n) is 5.98. The van der Waals surface area contributed by atoms with Gasteiger partial charge in [0.05, 0.1) is 17.0 Å². The average molecular weight is 281 g/mol.